The van der Waals surface area contributed by atoms with Crippen molar-refractivity contribution in [1.82, 2.24) is 10.2 Å². The van der Waals surface area contributed by atoms with E-state index in [-0.39, 0.29) is 12.0 Å². The molecule has 2 atom stereocenters. The van der Waals surface area contributed by atoms with Crippen LogP contribution in [0.15, 0.2) is 0 Å². The Hall–Kier alpha value is -0.650. The van der Waals surface area contributed by atoms with Crippen molar-refractivity contribution in [2.45, 2.75) is 25.5 Å². The van der Waals surface area contributed by atoms with Crippen LogP contribution in [0, 0.1) is 0 Å². The van der Waals surface area contributed by atoms with Gasteiger partial charge < -0.3 is 20.7 Å². The van der Waals surface area contributed by atoms with E-state index in [4.69, 9.17) is 10.5 Å². The van der Waals surface area contributed by atoms with E-state index < -0.39 is 0 Å². The summed E-state index contributed by atoms with van der Waals surface area (Å²) in [5.41, 5.74) is 5.42. The van der Waals surface area contributed by atoms with E-state index in [9.17, 15) is 4.79 Å². The number of ether oxygens (including phenoxy) is 1. The molecular formula is C10H23N3O2. The first kappa shape index (κ1) is 14.3. The fourth-order valence-electron chi connectivity index (χ4n) is 0.986. The number of hydrogen-bond acceptors (Lipinski definition) is 4. The molecule has 2 unspecified atom stereocenters. The summed E-state index contributed by atoms with van der Waals surface area (Å²) in [7, 11) is 5.52. The number of carbonyl (C=O) groups excluding carboxylic acids is 1. The third-order valence-corrected chi connectivity index (χ3v) is 2.49. The summed E-state index contributed by atoms with van der Waals surface area (Å²) in [6, 6.07) is 0.327. The lowest BCUT2D eigenvalue weighted by atomic mass is 10.2. The predicted octanol–water partition coefficient (Wildman–Crippen LogP) is -0.583. The van der Waals surface area contributed by atoms with Crippen molar-refractivity contribution in [1.29, 1.82) is 0 Å². The van der Waals surface area contributed by atoms with Gasteiger partial charge in [0.25, 0.3) is 0 Å². The summed E-state index contributed by atoms with van der Waals surface area (Å²) in [6.45, 7) is 3.07. The second kappa shape index (κ2) is 7.62. The second-order valence-corrected chi connectivity index (χ2v) is 3.91. The number of carbonyl (C=O) groups is 1. The highest BCUT2D eigenvalue weighted by atomic mass is 16.5. The highest BCUT2D eigenvalue weighted by Gasteiger charge is 2.12. The molecule has 90 valence electrons. The molecule has 0 aliphatic rings. The van der Waals surface area contributed by atoms with Crippen LogP contribution in [0.2, 0.25) is 0 Å². The zero-order chi connectivity index (χ0) is 11.8. The molecule has 0 aliphatic heterocycles. The molecule has 0 spiro atoms. The minimum atomic E-state index is -0.181. The SMILES string of the molecule is COC(CN)CC(=O)NCC(C)N(C)C. The molecule has 0 rings (SSSR count). The first-order chi connectivity index (χ1) is 7.01. The largest absolute Gasteiger partial charge is 0.380 e. The standard InChI is InChI=1S/C10H23N3O2/c1-8(13(2)3)7-12-10(14)5-9(6-11)15-4/h8-9H,5-7,11H2,1-4H3,(H,12,14). The van der Waals surface area contributed by atoms with E-state index in [2.05, 4.69) is 17.1 Å². The molecule has 0 fully saturated rings. The molecule has 5 nitrogen and oxygen atoms in total. The van der Waals surface area contributed by atoms with E-state index in [0.717, 1.165) is 0 Å². The monoisotopic (exact) mass is 217 g/mol. The maximum atomic E-state index is 11.4. The number of nitrogens with two attached hydrogens (primary N) is 1. The van der Waals surface area contributed by atoms with Crippen LogP contribution in [0.4, 0.5) is 0 Å². The first-order valence-corrected chi connectivity index (χ1v) is 5.17. The van der Waals surface area contributed by atoms with Gasteiger partial charge in [0.2, 0.25) is 5.91 Å². The lowest BCUT2D eigenvalue weighted by Crippen LogP contribution is -2.40. The Morgan fingerprint density at radius 2 is 2.13 bits per heavy atom. The van der Waals surface area contributed by atoms with E-state index in [1.807, 2.05) is 14.1 Å². The molecular weight excluding hydrogens is 194 g/mol. The van der Waals surface area contributed by atoms with Gasteiger partial charge in [0.1, 0.15) is 0 Å². The highest BCUT2D eigenvalue weighted by Crippen LogP contribution is 1.95. The fourth-order valence-corrected chi connectivity index (χ4v) is 0.986. The van der Waals surface area contributed by atoms with Crippen LogP contribution < -0.4 is 11.1 Å². The van der Waals surface area contributed by atoms with Gasteiger partial charge >= 0.3 is 0 Å². The van der Waals surface area contributed by atoms with E-state index in [1.54, 1.807) is 7.11 Å². The van der Waals surface area contributed by atoms with Crippen LogP contribution in [-0.4, -0.2) is 57.2 Å². The van der Waals surface area contributed by atoms with Gasteiger partial charge in [-0.15, -0.1) is 0 Å². The Labute approximate surface area is 91.9 Å². The number of rotatable bonds is 7. The van der Waals surface area contributed by atoms with Gasteiger partial charge in [-0.2, -0.15) is 0 Å². The Morgan fingerprint density at radius 1 is 1.53 bits per heavy atom. The van der Waals surface area contributed by atoms with Gasteiger partial charge in [-0.25, -0.2) is 0 Å². The van der Waals surface area contributed by atoms with Gasteiger partial charge in [0.05, 0.1) is 12.5 Å². The Balaban J connectivity index is 3.74. The van der Waals surface area contributed by atoms with E-state index in [0.29, 0.717) is 25.6 Å². The Bertz CT molecular complexity index is 182. The van der Waals surface area contributed by atoms with Crippen molar-refractivity contribution in [2.75, 3.05) is 34.3 Å². The summed E-state index contributed by atoms with van der Waals surface area (Å²) >= 11 is 0. The number of hydrogen-bond donors (Lipinski definition) is 2. The molecule has 0 aliphatic carbocycles. The van der Waals surface area contributed by atoms with Crippen molar-refractivity contribution < 1.29 is 9.53 Å². The lowest BCUT2D eigenvalue weighted by molar-refractivity contribution is -0.123. The molecule has 0 saturated carbocycles. The van der Waals surface area contributed by atoms with Crippen molar-refractivity contribution >= 4 is 5.91 Å². The van der Waals surface area contributed by atoms with Gasteiger partial charge in [-0.3, -0.25) is 4.79 Å². The van der Waals surface area contributed by atoms with Crippen LogP contribution in [0.5, 0.6) is 0 Å². The van der Waals surface area contributed by atoms with Crippen LogP contribution in [0.25, 0.3) is 0 Å². The van der Waals surface area contributed by atoms with Crippen molar-refractivity contribution in [3.63, 3.8) is 0 Å². The molecule has 0 radical (unpaired) electrons. The third-order valence-electron chi connectivity index (χ3n) is 2.49. The molecule has 0 aromatic carbocycles. The summed E-state index contributed by atoms with van der Waals surface area (Å²) in [6.07, 6.45) is 0.146. The maximum absolute atomic E-state index is 11.4. The maximum Gasteiger partial charge on any atom is 0.222 e. The van der Waals surface area contributed by atoms with Crippen LogP contribution in [-0.2, 0) is 9.53 Å². The van der Waals surface area contributed by atoms with Gasteiger partial charge in [0, 0.05) is 26.2 Å². The van der Waals surface area contributed by atoms with Gasteiger partial charge in [-0.05, 0) is 21.0 Å². The quantitative estimate of drug-likeness (QED) is 0.598. The Kier molecular flexibility index (Phi) is 7.29. The minimum Gasteiger partial charge on any atom is -0.380 e. The topological polar surface area (TPSA) is 67.6 Å². The number of likely N-dealkylation sites (N-methyl/N-ethyl adjacent to an activating group) is 1. The molecule has 15 heavy (non-hydrogen) atoms. The lowest BCUT2D eigenvalue weighted by Gasteiger charge is -2.20. The molecule has 0 aromatic rings. The van der Waals surface area contributed by atoms with Crippen LogP contribution in [0.3, 0.4) is 0 Å². The minimum absolute atomic E-state index is 0.0130. The predicted molar refractivity (Wildman–Crippen MR) is 60.6 cm³/mol. The van der Waals surface area contributed by atoms with Crippen LogP contribution >= 0.6 is 0 Å². The van der Waals surface area contributed by atoms with Crippen molar-refractivity contribution in [3.05, 3.63) is 0 Å². The van der Waals surface area contributed by atoms with Crippen molar-refractivity contribution in [3.8, 4) is 0 Å². The zero-order valence-corrected chi connectivity index (χ0v) is 10.1. The first-order valence-electron chi connectivity index (χ1n) is 5.17. The number of amides is 1. The second-order valence-electron chi connectivity index (χ2n) is 3.91. The number of nitrogens with zero attached hydrogens (tertiary/aromatic N) is 1. The third kappa shape index (κ3) is 6.43. The van der Waals surface area contributed by atoms with Gasteiger partial charge in [-0.1, -0.05) is 0 Å². The Morgan fingerprint density at radius 3 is 2.53 bits per heavy atom. The molecule has 3 N–H and O–H groups in total. The molecule has 0 aromatic heterocycles. The molecule has 1 amide bonds. The molecule has 5 heteroatoms. The molecule has 0 saturated heterocycles. The van der Waals surface area contributed by atoms with E-state index >= 15 is 0 Å². The van der Waals surface area contributed by atoms with Crippen molar-refractivity contribution in [2.24, 2.45) is 5.73 Å². The smallest absolute Gasteiger partial charge is 0.222 e. The zero-order valence-electron chi connectivity index (χ0n) is 10.1. The summed E-state index contributed by atoms with van der Waals surface area (Å²) in [5.74, 6) is -0.0130. The highest BCUT2D eigenvalue weighted by molar-refractivity contribution is 5.76. The summed E-state index contributed by atoms with van der Waals surface area (Å²) < 4.78 is 5.03. The summed E-state index contributed by atoms with van der Waals surface area (Å²) in [5, 5.41) is 2.85. The molecule has 0 heterocycles. The van der Waals surface area contributed by atoms with Crippen LogP contribution in [0.1, 0.15) is 13.3 Å². The average Bonchev–Trinajstić information content (AvgIpc) is 2.22. The van der Waals surface area contributed by atoms with E-state index in [1.165, 1.54) is 0 Å². The normalized spacial score (nSPS) is 15.1. The number of methoxy groups -OCH3 is 1. The number of nitrogens with one attached hydrogen (secondary N) is 1. The fraction of sp³-hybridized carbons (Fsp3) is 0.900. The van der Waals surface area contributed by atoms with Gasteiger partial charge in [0.15, 0.2) is 0 Å². The molecule has 0 bridgehead atoms. The summed E-state index contributed by atoms with van der Waals surface area (Å²) in [4.78, 5) is 13.5. The average molecular weight is 217 g/mol.